The van der Waals surface area contributed by atoms with Gasteiger partial charge in [-0.15, -0.1) is 0 Å². The number of hydrogen-bond donors (Lipinski definition) is 0. The van der Waals surface area contributed by atoms with Crippen molar-refractivity contribution in [2.24, 2.45) is 4.99 Å². The molecule has 0 aromatic carbocycles. The summed E-state index contributed by atoms with van der Waals surface area (Å²) in [5.74, 6) is 0. The Labute approximate surface area is 91.4 Å². The molecular formula is C12H18N2O. The molecule has 0 fully saturated rings. The first-order valence-corrected chi connectivity index (χ1v) is 4.88. The molecule has 0 spiro atoms. The fourth-order valence-electron chi connectivity index (χ4n) is 1.56. The third kappa shape index (κ3) is 2.57. The summed E-state index contributed by atoms with van der Waals surface area (Å²) in [4.78, 5) is 6.10. The molecule has 0 N–H and O–H groups in total. The van der Waals surface area contributed by atoms with E-state index in [1.54, 1.807) is 7.11 Å². The number of nitrogens with zero attached hydrogens (tertiary/aromatic N) is 2. The van der Waals surface area contributed by atoms with Gasteiger partial charge in [0.15, 0.2) is 0 Å². The minimum atomic E-state index is 0.0131. The Kier molecular flexibility index (Phi) is 3.86. The van der Waals surface area contributed by atoms with Crippen molar-refractivity contribution in [2.75, 3.05) is 21.2 Å². The number of likely N-dealkylation sites (N-methyl/N-ethyl adjacent to an activating group) is 1. The Morgan fingerprint density at radius 1 is 1.47 bits per heavy atom. The van der Waals surface area contributed by atoms with Crippen LogP contribution >= 0.6 is 0 Å². The van der Waals surface area contributed by atoms with E-state index in [-0.39, 0.29) is 6.10 Å². The smallest absolute Gasteiger partial charge is 0.0943 e. The van der Waals surface area contributed by atoms with E-state index in [4.69, 9.17) is 4.74 Å². The summed E-state index contributed by atoms with van der Waals surface area (Å²) in [6.45, 7) is 5.63. The molecule has 0 aromatic rings. The average Bonchev–Trinajstić information content (AvgIpc) is 2.36. The highest BCUT2D eigenvalue weighted by Crippen LogP contribution is 2.22. The van der Waals surface area contributed by atoms with Crippen LogP contribution in [-0.2, 0) is 4.74 Å². The Morgan fingerprint density at radius 2 is 2.13 bits per heavy atom. The predicted molar refractivity (Wildman–Crippen MR) is 64.0 cm³/mol. The van der Waals surface area contributed by atoms with Gasteiger partial charge in [-0.05, 0) is 37.4 Å². The fraction of sp³-hybridized carbons (Fsp3) is 0.417. The molecule has 0 bridgehead atoms. The van der Waals surface area contributed by atoms with Crippen LogP contribution in [0.3, 0.4) is 0 Å². The van der Waals surface area contributed by atoms with E-state index in [1.807, 2.05) is 44.1 Å². The summed E-state index contributed by atoms with van der Waals surface area (Å²) >= 11 is 0. The molecule has 0 radical (unpaired) electrons. The highest BCUT2D eigenvalue weighted by Gasteiger charge is 2.12. The lowest BCUT2D eigenvalue weighted by atomic mass is 10.1. The largest absolute Gasteiger partial charge is 0.376 e. The van der Waals surface area contributed by atoms with E-state index in [0.717, 1.165) is 17.0 Å². The number of allylic oxidation sites excluding steroid dienone is 2. The summed E-state index contributed by atoms with van der Waals surface area (Å²) in [6, 6.07) is 0. The Bertz CT molecular complexity index is 338. The predicted octanol–water partition coefficient (Wildman–Crippen LogP) is 1.99. The molecule has 0 saturated carbocycles. The van der Waals surface area contributed by atoms with Gasteiger partial charge in [0, 0.05) is 21.2 Å². The van der Waals surface area contributed by atoms with Crippen molar-refractivity contribution in [1.82, 2.24) is 4.90 Å². The van der Waals surface area contributed by atoms with E-state index < -0.39 is 0 Å². The highest BCUT2D eigenvalue weighted by atomic mass is 16.5. The Balaban J connectivity index is 3.19. The van der Waals surface area contributed by atoms with Crippen LogP contribution in [-0.4, -0.2) is 38.9 Å². The van der Waals surface area contributed by atoms with Gasteiger partial charge in [-0.1, -0.05) is 0 Å². The van der Waals surface area contributed by atoms with Crippen molar-refractivity contribution in [3.05, 3.63) is 35.2 Å². The lowest BCUT2D eigenvalue weighted by molar-refractivity contribution is 0.177. The van der Waals surface area contributed by atoms with Gasteiger partial charge in [0.25, 0.3) is 0 Å². The zero-order valence-corrected chi connectivity index (χ0v) is 9.82. The number of rotatable bonds is 3. The second-order valence-corrected chi connectivity index (χ2v) is 3.70. The van der Waals surface area contributed by atoms with Gasteiger partial charge in [0.1, 0.15) is 0 Å². The van der Waals surface area contributed by atoms with Crippen molar-refractivity contribution in [1.29, 1.82) is 0 Å². The molecule has 0 unspecified atom stereocenters. The normalized spacial score (nSPS) is 21.1. The van der Waals surface area contributed by atoms with Crippen LogP contribution in [0.2, 0.25) is 0 Å². The van der Waals surface area contributed by atoms with Crippen LogP contribution < -0.4 is 0 Å². The quantitative estimate of drug-likeness (QED) is 0.660. The monoisotopic (exact) mass is 206 g/mol. The summed E-state index contributed by atoms with van der Waals surface area (Å²) in [5.41, 5.74) is 3.06. The first-order valence-electron chi connectivity index (χ1n) is 4.88. The molecule has 0 aromatic heterocycles. The standard InChI is InChI=1S/C12H18N2O/c1-9-8-10(15-5)6-7-11(14(3)4)12(9)13-2/h6-8,10H,2H2,1,3-5H3/t10-/m0/s1. The summed E-state index contributed by atoms with van der Waals surface area (Å²) in [6.07, 6.45) is 6.08. The maximum absolute atomic E-state index is 5.29. The first kappa shape index (κ1) is 11.7. The zero-order valence-electron chi connectivity index (χ0n) is 9.82. The molecular weight excluding hydrogens is 188 g/mol. The van der Waals surface area contributed by atoms with Gasteiger partial charge in [-0.25, -0.2) is 0 Å². The summed E-state index contributed by atoms with van der Waals surface area (Å²) in [5, 5.41) is 0. The molecule has 15 heavy (non-hydrogen) atoms. The lowest BCUT2D eigenvalue weighted by Crippen LogP contribution is -2.11. The molecule has 1 aliphatic rings. The maximum Gasteiger partial charge on any atom is 0.0943 e. The van der Waals surface area contributed by atoms with Crippen molar-refractivity contribution in [2.45, 2.75) is 13.0 Å². The minimum absolute atomic E-state index is 0.0131. The van der Waals surface area contributed by atoms with E-state index in [0.29, 0.717) is 0 Å². The van der Waals surface area contributed by atoms with Gasteiger partial charge in [-0.2, -0.15) is 0 Å². The minimum Gasteiger partial charge on any atom is -0.376 e. The molecule has 0 amide bonds. The molecule has 1 aliphatic carbocycles. The first-order chi connectivity index (χ1) is 7.10. The van der Waals surface area contributed by atoms with Gasteiger partial charge in [0.2, 0.25) is 0 Å². The van der Waals surface area contributed by atoms with E-state index >= 15 is 0 Å². The summed E-state index contributed by atoms with van der Waals surface area (Å²) < 4.78 is 5.29. The number of hydrogen-bond acceptors (Lipinski definition) is 3. The highest BCUT2D eigenvalue weighted by molar-refractivity contribution is 5.46. The van der Waals surface area contributed by atoms with Crippen LogP contribution in [0.5, 0.6) is 0 Å². The molecule has 0 saturated heterocycles. The van der Waals surface area contributed by atoms with Crippen molar-refractivity contribution >= 4 is 6.72 Å². The Hall–Kier alpha value is -1.35. The van der Waals surface area contributed by atoms with Crippen molar-refractivity contribution < 1.29 is 4.74 Å². The molecule has 3 nitrogen and oxygen atoms in total. The number of methoxy groups -OCH3 is 1. The van der Waals surface area contributed by atoms with Gasteiger partial charge in [-0.3, -0.25) is 4.99 Å². The summed E-state index contributed by atoms with van der Waals surface area (Å²) in [7, 11) is 5.68. The second-order valence-electron chi connectivity index (χ2n) is 3.70. The molecule has 1 atom stereocenters. The fourth-order valence-corrected chi connectivity index (χ4v) is 1.56. The van der Waals surface area contributed by atoms with Crippen molar-refractivity contribution in [3.63, 3.8) is 0 Å². The second kappa shape index (κ2) is 4.94. The van der Waals surface area contributed by atoms with Gasteiger partial charge >= 0.3 is 0 Å². The number of ether oxygens (including phenoxy) is 1. The van der Waals surface area contributed by atoms with Crippen LogP contribution in [0.25, 0.3) is 0 Å². The molecule has 1 rings (SSSR count). The zero-order chi connectivity index (χ0) is 11.4. The molecule has 0 heterocycles. The average molecular weight is 206 g/mol. The van der Waals surface area contributed by atoms with E-state index in [1.165, 1.54) is 0 Å². The van der Waals surface area contributed by atoms with Crippen molar-refractivity contribution in [3.8, 4) is 0 Å². The third-order valence-electron chi connectivity index (χ3n) is 2.39. The van der Waals surface area contributed by atoms with E-state index in [2.05, 4.69) is 11.7 Å². The Morgan fingerprint density at radius 3 is 2.60 bits per heavy atom. The van der Waals surface area contributed by atoms with Gasteiger partial charge < -0.3 is 9.64 Å². The maximum atomic E-state index is 5.29. The van der Waals surface area contributed by atoms with Gasteiger partial charge in [0.05, 0.1) is 17.5 Å². The number of aliphatic imine (C=N–C) groups is 1. The SMILES string of the molecule is C=NC1=C(N(C)C)C=C[C@H](OC)C=C1C. The third-order valence-corrected chi connectivity index (χ3v) is 2.39. The van der Waals surface area contributed by atoms with Crippen LogP contribution in [0, 0.1) is 0 Å². The van der Waals surface area contributed by atoms with Crippen LogP contribution in [0.15, 0.2) is 40.2 Å². The molecule has 0 aliphatic heterocycles. The molecule has 82 valence electrons. The van der Waals surface area contributed by atoms with E-state index in [9.17, 15) is 0 Å². The van der Waals surface area contributed by atoms with Crippen LogP contribution in [0.4, 0.5) is 0 Å². The van der Waals surface area contributed by atoms with Crippen LogP contribution in [0.1, 0.15) is 6.92 Å². The topological polar surface area (TPSA) is 24.8 Å². The lowest BCUT2D eigenvalue weighted by Gasteiger charge is -2.16. The molecule has 3 heteroatoms.